The lowest BCUT2D eigenvalue weighted by Crippen LogP contribution is -2.29. The third kappa shape index (κ3) is 3.89. The van der Waals surface area contributed by atoms with E-state index in [0.29, 0.717) is 22.1 Å². The zero-order valence-electron chi connectivity index (χ0n) is 13.1. The number of anilines is 1. The lowest BCUT2D eigenvalue weighted by atomic mass is 10.1. The Kier molecular flexibility index (Phi) is 5.05. The molecule has 0 spiro atoms. The van der Waals surface area contributed by atoms with Crippen molar-refractivity contribution in [2.24, 2.45) is 10.2 Å². The highest BCUT2D eigenvalue weighted by molar-refractivity contribution is 6.30. The van der Waals surface area contributed by atoms with Crippen molar-refractivity contribution < 1.29 is 4.92 Å². The molecule has 0 bridgehead atoms. The van der Waals surface area contributed by atoms with Crippen molar-refractivity contribution in [2.75, 3.05) is 18.0 Å². The normalized spacial score (nSPS) is 15.0. The number of nitro benzene ring substituents is 1. The van der Waals surface area contributed by atoms with Gasteiger partial charge in [0.1, 0.15) is 5.69 Å². The van der Waals surface area contributed by atoms with Crippen LogP contribution in [0.3, 0.4) is 0 Å². The summed E-state index contributed by atoms with van der Waals surface area (Å²) in [4.78, 5) is 13.1. The molecule has 24 heavy (non-hydrogen) atoms. The smallest absolute Gasteiger partial charge is 0.294 e. The standard InChI is InChI=1S/C17H17ClN4O2/c18-13-4-6-14(7-5-13)19-20-15-8-9-16(17(12-15)22(23)24)21-10-2-1-3-11-21/h4-9,12H,1-3,10-11H2. The van der Waals surface area contributed by atoms with E-state index >= 15 is 0 Å². The van der Waals surface area contributed by atoms with Crippen LogP contribution in [-0.2, 0) is 0 Å². The average Bonchev–Trinajstić information content (AvgIpc) is 2.62. The van der Waals surface area contributed by atoms with E-state index in [0.717, 1.165) is 25.9 Å². The third-order valence-corrected chi connectivity index (χ3v) is 4.21. The summed E-state index contributed by atoms with van der Waals surface area (Å²) in [6.07, 6.45) is 3.31. The molecule has 2 aromatic rings. The topological polar surface area (TPSA) is 71.1 Å². The molecule has 3 rings (SSSR count). The number of piperidine rings is 1. The number of hydrogen-bond donors (Lipinski definition) is 0. The molecule has 0 aliphatic carbocycles. The second kappa shape index (κ2) is 7.40. The first-order chi connectivity index (χ1) is 11.6. The number of hydrogen-bond acceptors (Lipinski definition) is 5. The Hall–Kier alpha value is -2.47. The number of nitro groups is 1. The van der Waals surface area contributed by atoms with Crippen LogP contribution < -0.4 is 4.90 Å². The number of benzene rings is 2. The molecule has 1 aliphatic heterocycles. The molecule has 0 unspecified atom stereocenters. The van der Waals surface area contributed by atoms with E-state index in [1.165, 1.54) is 12.5 Å². The van der Waals surface area contributed by atoms with E-state index in [9.17, 15) is 10.1 Å². The van der Waals surface area contributed by atoms with E-state index in [2.05, 4.69) is 15.1 Å². The van der Waals surface area contributed by atoms with Crippen molar-refractivity contribution in [3.63, 3.8) is 0 Å². The van der Waals surface area contributed by atoms with Crippen LogP contribution in [0.4, 0.5) is 22.7 Å². The van der Waals surface area contributed by atoms with Crippen molar-refractivity contribution in [1.29, 1.82) is 0 Å². The molecule has 7 heteroatoms. The Morgan fingerprint density at radius 1 is 0.958 bits per heavy atom. The molecule has 1 saturated heterocycles. The minimum atomic E-state index is -0.356. The summed E-state index contributed by atoms with van der Waals surface area (Å²) >= 11 is 5.82. The molecule has 0 radical (unpaired) electrons. The maximum absolute atomic E-state index is 11.4. The van der Waals surface area contributed by atoms with Crippen LogP contribution in [0.15, 0.2) is 52.7 Å². The Labute approximate surface area is 144 Å². The summed E-state index contributed by atoms with van der Waals surface area (Å²) in [5, 5.41) is 20.2. The highest BCUT2D eigenvalue weighted by Crippen LogP contribution is 2.34. The minimum absolute atomic E-state index is 0.0736. The lowest BCUT2D eigenvalue weighted by molar-refractivity contribution is -0.384. The van der Waals surface area contributed by atoms with Gasteiger partial charge in [0.2, 0.25) is 0 Å². The quantitative estimate of drug-likeness (QED) is 0.408. The van der Waals surface area contributed by atoms with Crippen LogP contribution in [0, 0.1) is 10.1 Å². The summed E-state index contributed by atoms with van der Waals surface area (Å²) in [6, 6.07) is 11.9. The largest absolute Gasteiger partial charge is 0.366 e. The highest BCUT2D eigenvalue weighted by Gasteiger charge is 2.21. The zero-order valence-corrected chi connectivity index (χ0v) is 13.8. The molecular formula is C17H17ClN4O2. The highest BCUT2D eigenvalue weighted by atomic mass is 35.5. The first-order valence-corrected chi connectivity index (χ1v) is 8.22. The van der Waals surface area contributed by atoms with Crippen LogP contribution in [0.5, 0.6) is 0 Å². The van der Waals surface area contributed by atoms with Crippen LogP contribution in [0.1, 0.15) is 19.3 Å². The fraction of sp³-hybridized carbons (Fsp3) is 0.294. The molecular weight excluding hydrogens is 328 g/mol. The van der Waals surface area contributed by atoms with Gasteiger partial charge in [-0.3, -0.25) is 10.1 Å². The summed E-state index contributed by atoms with van der Waals surface area (Å²) in [6.45, 7) is 1.71. The number of nitrogens with zero attached hydrogens (tertiary/aromatic N) is 4. The summed E-state index contributed by atoms with van der Waals surface area (Å²) in [7, 11) is 0. The predicted molar refractivity (Wildman–Crippen MR) is 94.8 cm³/mol. The van der Waals surface area contributed by atoms with E-state index in [4.69, 9.17) is 11.6 Å². The van der Waals surface area contributed by atoms with E-state index in [-0.39, 0.29) is 10.6 Å². The monoisotopic (exact) mass is 344 g/mol. The van der Waals surface area contributed by atoms with Crippen molar-refractivity contribution in [1.82, 2.24) is 0 Å². The van der Waals surface area contributed by atoms with Gasteiger partial charge < -0.3 is 4.90 Å². The fourth-order valence-corrected chi connectivity index (χ4v) is 2.87. The maximum atomic E-state index is 11.4. The second-order valence-corrected chi connectivity index (χ2v) is 6.09. The summed E-state index contributed by atoms with van der Waals surface area (Å²) in [5.74, 6) is 0. The van der Waals surface area contributed by atoms with Gasteiger partial charge in [0.25, 0.3) is 5.69 Å². The lowest BCUT2D eigenvalue weighted by Gasteiger charge is -2.28. The van der Waals surface area contributed by atoms with Crippen molar-refractivity contribution >= 4 is 34.4 Å². The average molecular weight is 345 g/mol. The predicted octanol–water partition coefficient (Wildman–Crippen LogP) is 5.65. The summed E-state index contributed by atoms with van der Waals surface area (Å²) < 4.78 is 0. The summed E-state index contributed by atoms with van der Waals surface area (Å²) in [5.41, 5.74) is 1.83. The molecule has 0 atom stereocenters. The molecule has 1 heterocycles. The number of halogens is 1. The van der Waals surface area contributed by atoms with Gasteiger partial charge in [0.15, 0.2) is 0 Å². The second-order valence-electron chi connectivity index (χ2n) is 5.65. The minimum Gasteiger partial charge on any atom is -0.366 e. The molecule has 2 aromatic carbocycles. The van der Waals surface area contributed by atoms with Crippen molar-refractivity contribution in [3.05, 3.63) is 57.6 Å². The van der Waals surface area contributed by atoms with Gasteiger partial charge in [-0.2, -0.15) is 10.2 Å². The fourth-order valence-electron chi connectivity index (χ4n) is 2.75. The molecule has 1 aliphatic rings. The van der Waals surface area contributed by atoms with Gasteiger partial charge in [-0.25, -0.2) is 0 Å². The van der Waals surface area contributed by atoms with Crippen LogP contribution in [0.2, 0.25) is 5.02 Å². The van der Waals surface area contributed by atoms with E-state index in [1.54, 1.807) is 36.4 Å². The van der Waals surface area contributed by atoms with Crippen LogP contribution in [0.25, 0.3) is 0 Å². The molecule has 0 amide bonds. The first-order valence-electron chi connectivity index (χ1n) is 7.84. The van der Waals surface area contributed by atoms with Gasteiger partial charge in [-0.05, 0) is 55.7 Å². The Morgan fingerprint density at radius 2 is 1.58 bits per heavy atom. The van der Waals surface area contributed by atoms with Gasteiger partial charge in [0, 0.05) is 24.2 Å². The Bertz CT molecular complexity index is 756. The SMILES string of the molecule is O=[N+]([O-])c1cc(N=Nc2ccc(Cl)cc2)ccc1N1CCCCC1. The van der Waals surface area contributed by atoms with Crippen molar-refractivity contribution in [2.45, 2.75) is 19.3 Å². The third-order valence-electron chi connectivity index (χ3n) is 3.96. The zero-order chi connectivity index (χ0) is 16.9. The molecule has 124 valence electrons. The van der Waals surface area contributed by atoms with Crippen molar-refractivity contribution in [3.8, 4) is 0 Å². The van der Waals surface area contributed by atoms with Gasteiger partial charge in [-0.15, -0.1) is 0 Å². The van der Waals surface area contributed by atoms with E-state index < -0.39 is 0 Å². The molecule has 0 aromatic heterocycles. The number of azo groups is 1. The van der Waals surface area contributed by atoms with E-state index in [1.807, 2.05) is 0 Å². The van der Waals surface area contributed by atoms with Crippen LogP contribution in [-0.4, -0.2) is 18.0 Å². The Balaban J connectivity index is 1.85. The Morgan fingerprint density at radius 3 is 2.25 bits per heavy atom. The molecule has 0 N–H and O–H groups in total. The molecule has 0 saturated carbocycles. The molecule has 1 fully saturated rings. The number of rotatable bonds is 4. The van der Waals surface area contributed by atoms with Gasteiger partial charge in [-0.1, -0.05) is 11.6 Å². The maximum Gasteiger partial charge on any atom is 0.294 e. The first kappa shape index (κ1) is 16.4. The van der Waals surface area contributed by atoms with Gasteiger partial charge in [0.05, 0.1) is 16.3 Å². The van der Waals surface area contributed by atoms with Crippen LogP contribution >= 0.6 is 11.6 Å². The van der Waals surface area contributed by atoms with Gasteiger partial charge >= 0.3 is 0 Å². The molecule has 6 nitrogen and oxygen atoms in total.